The Bertz CT molecular complexity index is 247. The van der Waals surface area contributed by atoms with Crippen LogP contribution in [-0.4, -0.2) is 112 Å². The van der Waals surface area contributed by atoms with Gasteiger partial charge in [-0.05, 0) is 35.2 Å². The summed E-state index contributed by atoms with van der Waals surface area (Å²) in [6.45, 7) is 5.51. The van der Waals surface area contributed by atoms with E-state index >= 15 is 0 Å². The second kappa shape index (κ2) is 10.1. The summed E-state index contributed by atoms with van der Waals surface area (Å²) in [5.41, 5.74) is 0. The van der Waals surface area contributed by atoms with E-state index in [4.69, 9.17) is 5.11 Å². The van der Waals surface area contributed by atoms with E-state index in [9.17, 15) is 4.79 Å². The molecule has 0 atom stereocenters. The van der Waals surface area contributed by atoms with Crippen LogP contribution in [0, 0.1) is 0 Å². The normalized spacial score (nSPS) is 12.1. The van der Waals surface area contributed by atoms with Crippen LogP contribution in [0.1, 0.15) is 0 Å². The van der Waals surface area contributed by atoms with Crippen molar-refractivity contribution in [3.63, 3.8) is 0 Å². The number of hydrogen-bond acceptors (Lipinski definition) is 5. The van der Waals surface area contributed by atoms with E-state index in [1.165, 1.54) is 0 Å². The fraction of sp³-hybridized carbons (Fsp3) is 0.923. The van der Waals surface area contributed by atoms with Gasteiger partial charge in [0, 0.05) is 39.3 Å². The molecule has 0 unspecified atom stereocenters. The predicted molar refractivity (Wildman–Crippen MR) is 78.7 cm³/mol. The van der Waals surface area contributed by atoms with Crippen molar-refractivity contribution in [3.8, 4) is 0 Å². The molecule has 0 aliphatic carbocycles. The van der Waals surface area contributed by atoms with Gasteiger partial charge in [0.1, 0.15) is 0 Å². The van der Waals surface area contributed by atoms with Crippen LogP contribution in [-0.2, 0) is 4.79 Å². The summed E-state index contributed by atoms with van der Waals surface area (Å²) in [5.74, 6) is -0.755. The first-order valence-corrected chi connectivity index (χ1v) is 6.73. The quantitative estimate of drug-likeness (QED) is 0.544. The molecule has 0 radical (unpaired) electrons. The zero-order valence-electron chi connectivity index (χ0n) is 13.1. The molecular weight excluding hydrogens is 244 g/mol. The molecule has 6 heteroatoms. The van der Waals surface area contributed by atoms with Crippen LogP contribution in [0.25, 0.3) is 0 Å². The van der Waals surface area contributed by atoms with Crippen molar-refractivity contribution in [1.82, 2.24) is 19.6 Å². The van der Waals surface area contributed by atoms with Crippen LogP contribution in [0.3, 0.4) is 0 Å². The van der Waals surface area contributed by atoms with E-state index in [1.807, 2.05) is 19.0 Å². The third kappa shape index (κ3) is 12.1. The molecule has 0 amide bonds. The zero-order chi connectivity index (χ0) is 14.8. The molecule has 0 fully saturated rings. The number of carboxylic acid groups (broad SMARTS) is 1. The van der Waals surface area contributed by atoms with Gasteiger partial charge in [-0.2, -0.15) is 0 Å². The van der Waals surface area contributed by atoms with Gasteiger partial charge in [0.05, 0.1) is 6.54 Å². The molecule has 0 aliphatic heterocycles. The Labute approximate surface area is 117 Å². The van der Waals surface area contributed by atoms with E-state index in [-0.39, 0.29) is 6.54 Å². The number of carboxylic acids is 1. The molecule has 0 aliphatic rings. The molecule has 114 valence electrons. The largest absolute Gasteiger partial charge is 0.480 e. The third-order valence-corrected chi connectivity index (χ3v) is 2.95. The van der Waals surface area contributed by atoms with E-state index < -0.39 is 5.97 Å². The van der Waals surface area contributed by atoms with Crippen LogP contribution in [0.4, 0.5) is 0 Å². The number of rotatable bonds is 11. The third-order valence-electron chi connectivity index (χ3n) is 2.95. The van der Waals surface area contributed by atoms with Crippen LogP contribution < -0.4 is 0 Å². The summed E-state index contributed by atoms with van der Waals surface area (Å²) in [6, 6.07) is 0. The topological polar surface area (TPSA) is 50.3 Å². The van der Waals surface area contributed by atoms with Crippen molar-refractivity contribution in [2.45, 2.75) is 0 Å². The van der Waals surface area contributed by atoms with E-state index in [2.05, 4.69) is 35.8 Å². The molecule has 0 heterocycles. The molecule has 19 heavy (non-hydrogen) atoms. The fourth-order valence-corrected chi connectivity index (χ4v) is 1.60. The highest BCUT2D eigenvalue weighted by Gasteiger charge is 2.11. The monoisotopic (exact) mass is 274 g/mol. The molecule has 6 nitrogen and oxygen atoms in total. The van der Waals surface area contributed by atoms with Crippen molar-refractivity contribution >= 4 is 5.97 Å². The van der Waals surface area contributed by atoms with Crippen molar-refractivity contribution in [2.75, 3.05) is 81.1 Å². The van der Waals surface area contributed by atoms with Gasteiger partial charge in [-0.25, -0.2) is 0 Å². The summed E-state index contributed by atoms with van der Waals surface area (Å²) in [7, 11) is 10.2. The van der Waals surface area contributed by atoms with Gasteiger partial charge in [0.15, 0.2) is 0 Å². The molecule has 0 spiro atoms. The maximum Gasteiger partial charge on any atom is 0.317 e. The first-order chi connectivity index (χ1) is 8.81. The maximum absolute atomic E-state index is 10.8. The molecule has 0 saturated heterocycles. The molecular formula is C13H30N4O2. The van der Waals surface area contributed by atoms with Gasteiger partial charge < -0.3 is 19.8 Å². The Morgan fingerprint density at radius 2 is 1.21 bits per heavy atom. The van der Waals surface area contributed by atoms with E-state index in [1.54, 1.807) is 0 Å². The van der Waals surface area contributed by atoms with Crippen molar-refractivity contribution in [2.24, 2.45) is 0 Å². The Kier molecular flexibility index (Phi) is 9.77. The Balaban J connectivity index is 3.98. The second-order valence-electron chi connectivity index (χ2n) is 5.58. The van der Waals surface area contributed by atoms with E-state index in [0.717, 1.165) is 39.3 Å². The fourth-order valence-electron chi connectivity index (χ4n) is 1.60. The molecule has 0 aromatic carbocycles. The van der Waals surface area contributed by atoms with E-state index in [0.29, 0.717) is 0 Å². The summed E-state index contributed by atoms with van der Waals surface area (Å²) in [6.07, 6.45) is 0. The molecule has 0 rings (SSSR count). The molecule has 0 aromatic heterocycles. The molecule has 0 bridgehead atoms. The summed E-state index contributed by atoms with van der Waals surface area (Å²) < 4.78 is 0. The van der Waals surface area contributed by atoms with Crippen molar-refractivity contribution < 1.29 is 9.90 Å². The first-order valence-electron chi connectivity index (χ1n) is 6.73. The maximum atomic E-state index is 10.8. The number of carbonyl (C=O) groups is 1. The average molecular weight is 274 g/mol. The first kappa shape index (κ1) is 18.3. The van der Waals surface area contributed by atoms with Gasteiger partial charge in [-0.3, -0.25) is 9.69 Å². The van der Waals surface area contributed by atoms with Gasteiger partial charge in [0.2, 0.25) is 0 Å². The molecule has 0 aromatic rings. The molecule has 1 N–H and O–H groups in total. The highest BCUT2D eigenvalue weighted by Crippen LogP contribution is 1.92. The molecule has 0 saturated carbocycles. The second-order valence-corrected chi connectivity index (χ2v) is 5.58. The van der Waals surface area contributed by atoms with Crippen LogP contribution >= 0.6 is 0 Å². The van der Waals surface area contributed by atoms with Crippen molar-refractivity contribution in [3.05, 3.63) is 0 Å². The number of aliphatic carboxylic acids is 1. The lowest BCUT2D eigenvalue weighted by Crippen LogP contribution is -2.41. The Morgan fingerprint density at radius 1 is 0.789 bits per heavy atom. The predicted octanol–water partition coefficient (Wildman–Crippen LogP) is -0.572. The minimum Gasteiger partial charge on any atom is -0.480 e. The smallest absolute Gasteiger partial charge is 0.317 e. The SMILES string of the molecule is CN(C)CCN(C)CCN(CCN(C)C)CC(=O)O. The van der Waals surface area contributed by atoms with Crippen LogP contribution in [0.15, 0.2) is 0 Å². The minimum atomic E-state index is -0.755. The summed E-state index contributed by atoms with van der Waals surface area (Å²) >= 11 is 0. The van der Waals surface area contributed by atoms with Gasteiger partial charge in [0.25, 0.3) is 0 Å². The number of nitrogens with zero attached hydrogens (tertiary/aromatic N) is 4. The Morgan fingerprint density at radius 3 is 1.68 bits per heavy atom. The van der Waals surface area contributed by atoms with Crippen LogP contribution in [0.2, 0.25) is 0 Å². The minimum absolute atomic E-state index is 0.120. The summed E-state index contributed by atoms with van der Waals surface area (Å²) in [4.78, 5) is 19.3. The van der Waals surface area contributed by atoms with Crippen molar-refractivity contribution in [1.29, 1.82) is 0 Å². The Hall–Kier alpha value is -0.690. The average Bonchev–Trinajstić information content (AvgIpc) is 2.29. The van der Waals surface area contributed by atoms with Gasteiger partial charge in [-0.15, -0.1) is 0 Å². The highest BCUT2D eigenvalue weighted by atomic mass is 16.4. The highest BCUT2D eigenvalue weighted by molar-refractivity contribution is 5.69. The van der Waals surface area contributed by atoms with Gasteiger partial charge in [-0.1, -0.05) is 0 Å². The lowest BCUT2D eigenvalue weighted by Gasteiger charge is -2.26. The zero-order valence-corrected chi connectivity index (χ0v) is 13.1. The summed E-state index contributed by atoms with van der Waals surface area (Å²) in [5, 5.41) is 8.91. The lowest BCUT2D eigenvalue weighted by atomic mass is 10.4. The number of likely N-dealkylation sites (N-methyl/N-ethyl adjacent to an activating group) is 3. The van der Waals surface area contributed by atoms with Gasteiger partial charge >= 0.3 is 5.97 Å². The number of hydrogen-bond donors (Lipinski definition) is 1. The lowest BCUT2D eigenvalue weighted by molar-refractivity contribution is -0.138. The standard InChI is InChI=1S/C13H30N4O2/c1-14(2)6-8-16(5)9-11-17(12-13(18)19)10-7-15(3)4/h6-12H2,1-5H3,(H,18,19). The van der Waals surface area contributed by atoms with Crippen LogP contribution in [0.5, 0.6) is 0 Å².